The van der Waals surface area contributed by atoms with Gasteiger partial charge >= 0.3 is 6.09 Å². The average Bonchev–Trinajstić information content (AvgIpc) is 2.57. The first-order valence-corrected chi connectivity index (χ1v) is 7.53. The minimum atomic E-state index is -0.323. The molecule has 3 heteroatoms. The number of nitrogens with zero attached hydrogens (tertiary/aromatic N) is 1. The van der Waals surface area contributed by atoms with E-state index in [-0.39, 0.29) is 6.09 Å². The van der Waals surface area contributed by atoms with Crippen molar-refractivity contribution >= 4 is 17.9 Å². The Kier molecular flexibility index (Phi) is 5.78. The van der Waals surface area contributed by atoms with E-state index in [1.165, 1.54) is 0 Å². The van der Waals surface area contributed by atoms with Crippen molar-refractivity contribution in [1.82, 2.24) is 4.90 Å². The first kappa shape index (κ1) is 15.8. The fourth-order valence-corrected chi connectivity index (χ4v) is 2.12. The van der Waals surface area contributed by atoms with Crippen molar-refractivity contribution in [2.24, 2.45) is 0 Å². The lowest BCUT2D eigenvalue weighted by atomic mass is 10.1. The van der Waals surface area contributed by atoms with Gasteiger partial charge in [0.2, 0.25) is 0 Å². The van der Waals surface area contributed by atoms with E-state index in [2.05, 4.69) is 0 Å². The van der Waals surface area contributed by atoms with Crippen LogP contribution < -0.4 is 0 Å². The third kappa shape index (κ3) is 4.22. The van der Waals surface area contributed by atoms with E-state index in [9.17, 15) is 4.79 Å². The molecule has 0 fully saturated rings. The molecular weight excluding hydrogens is 274 g/mol. The number of amides is 1. The molecule has 22 heavy (non-hydrogen) atoms. The van der Waals surface area contributed by atoms with Crippen LogP contribution in [0.2, 0.25) is 0 Å². The number of hydrogen-bond donors (Lipinski definition) is 0. The van der Waals surface area contributed by atoms with Gasteiger partial charge in [-0.15, -0.1) is 0 Å². The highest BCUT2D eigenvalue weighted by Crippen LogP contribution is 2.20. The van der Waals surface area contributed by atoms with E-state index < -0.39 is 0 Å². The highest BCUT2D eigenvalue weighted by Gasteiger charge is 2.14. The molecule has 0 aliphatic carbocycles. The summed E-state index contributed by atoms with van der Waals surface area (Å²) in [5.41, 5.74) is 1.88. The van der Waals surface area contributed by atoms with Gasteiger partial charge in [-0.2, -0.15) is 0 Å². The molecule has 0 saturated carbocycles. The summed E-state index contributed by atoms with van der Waals surface area (Å²) in [7, 11) is 0. The summed E-state index contributed by atoms with van der Waals surface area (Å²) >= 11 is 0. The monoisotopic (exact) mass is 295 g/mol. The van der Waals surface area contributed by atoms with E-state index >= 15 is 0 Å². The van der Waals surface area contributed by atoms with Crippen molar-refractivity contribution in [1.29, 1.82) is 0 Å². The van der Waals surface area contributed by atoms with Crippen molar-refractivity contribution in [2.45, 2.75) is 13.8 Å². The van der Waals surface area contributed by atoms with Crippen LogP contribution in [-0.2, 0) is 4.74 Å². The van der Waals surface area contributed by atoms with E-state index in [0.717, 1.165) is 11.1 Å². The minimum Gasteiger partial charge on any atom is -0.410 e. The van der Waals surface area contributed by atoms with Gasteiger partial charge in [0, 0.05) is 18.7 Å². The van der Waals surface area contributed by atoms with Crippen molar-refractivity contribution in [3.63, 3.8) is 0 Å². The standard InChI is InChI=1S/C19H21NO2/c1-3-20(4-2)19(21)22-18(17-13-9-6-10-14-17)15-16-11-7-5-8-12-16/h5-15H,3-4H2,1-2H3/b18-15+. The molecule has 2 rings (SSSR count). The van der Waals surface area contributed by atoms with Gasteiger partial charge in [0.25, 0.3) is 0 Å². The van der Waals surface area contributed by atoms with Gasteiger partial charge in [-0.25, -0.2) is 4.79 Å². The summed E-state index contributed by atoms with van der Waals surface area (Å²) in [6.45, 7) is 5.13. The Balaban J connectivity index is 2.31. The summed E-state index contributed by atoms with van der Waals surface area (Å²) in [4.78, 5) is 13.9. The number of ether oxygens (including phenoxy) is 1. The Morgan fingerprint density at radius 2 is 1.50 bits per heavy atom. The lowest BCUT2D eigenvalue weighted by molar-refractivity contribution is 0.148. The fourth-order valence-electron chi connectivity index (χ4n) is 2.12. The second-order valence-corrected chi connectivity index (χ2v) is 4.83. The smallest absolute Gasteiger partial charge is 0.410 e. The highest BCUT2D eigenvalue weighted by atomic mass is 16.6. The van der Waals surface area contributed by atoms with Crippen LogP contribution >= 0.6 is 0 Å². The maximum absolute atomic E-state index is 12.2. The number of hydrogen-bond acceptors (Lipinski definition) is 2. The summed E-state index contributed by atoms with van der Waals surface area (Å²) in [6.07, 6.45) is 1.56. The summed E-state index contributed by atoms with van der Waals surface area (Å²) in [5.74, 6) is 0.559. The van der Waals surface area contributed by atoms with E-state index in [1.54, 1.807) is 4.90 Å². The van der Waals surface area contributed by atoms with Crippen LogP contribution in [0.15, 0.2) is 60.7 Å². The predicted octanol–water partition coefficient (Wildman–Crippen LogP) is 4.66. The van der Waals surface area contributed by atoms with Gasteiger partial charge in [0.1, 0.15) is 5.76 Å². The van der Waals surface area contributed by atoms with Crippen LogP contribution in [0, 0.1) is 0 Å². The third-order valence-corrected chi connectivity index (χ3v) is 3.37. The van der Waals surface area contributed by atoms with Crippen molar-refractivity contribution in [3.05, 3.63) is 71.8 Å². The van der Waals surface area contributed by atoms with Gasteiger partial charge in [0.15, 0.2) is 0 Å². The molecule has 0 N–H and O–H groups in total. The Labute approximate surface area is 131 Å². The highest BCUT2D eigenvalue weighted by molar-refractivity contribution is 5.84. The third-order valence-electron chi connectivity index (χ3n) is 3.37. The Bertz CT molecular complexity index is 616. The van der Waals surface area contributed by atoms with Gasteiger partial charge in [-0.3, -0.25) is 0 Å². The molecule has 1 amide bonds. The predicted molar refractivity (Wildman–Crippen MR) is 90.2 cm³/mol. The second kappa shape index (κ2) is 8.03. The molecule has 0 bridgehead atoms. The SMILES string of the molecule is CCN(CC)C(=O)O/C(=C/c1ccccc1)c1ccccc1. The normalized spacial score (nSPS) is 11.1. The molecule has 0 saturated heterocycles. The van der Waals surface area contributed by atoms with Gasteiger partial charge in [-0.1, -0.05) is 60.7 Å². The first-order chi connectivity index (χ1) is 10.7. The number of carbonyl (C=O) groups excluding carboxylic acids is 1. The van der Waals surface area contributed by atoms with Gasteiger partial charge < -0.3 is 9.64 Å². The minimum absolute atomic E-state index is 0.323. The largest absolute Gasteiger partial charge is 0.415 e. The molecule has 0 heterocycles. The Morgan fingerprint density at radius 3 is 2.05 bits per heavy atom. The van der Waals surface area contributed by atoms with E-state index in [4.69, 9.17) is 4.74 Å². The number of benzene rings is 2. The van der Waals surface area contributed by atoms with Crippen LogP contribution in [0.4, 0.5) is 4.79 Å². The molecule has 0 atom stereocenters. The molecular formula is C19H21NO2. The summed E-state index contributed by atoms with van der Waals surface area (Å²) in [5, 5.41) is 0. The molecule has 0 aromatic heterocycles. The maximum atomic E-state index is 12.2. The Hall–Kier alpha value is -2.55. The molecule has 0 radical (unpaired) electrons. The topological polar surface area (TPSA) is 29.5 Å². The molecule has 2 aromatic rings. The Morgan fingerprint density at radius 1 is 0.955 bits per heavy atom. The van der Waals surface area contributed by atoms with Crippen molar-refractivity contribution in [2.75, 3.05) is 13.1 Å². The van der Waals surface area contributed by atoms with E-state index in [1.807, 2.05) is 80.6 Å². The zero-order valence-electron chi connectivity index (χ0n) is 13.0. The van der Waals surface area contributed by atoms with Crippen LogP contribution in [0.1, 0.15) is 25.0 Å². The first-order valence-electron chi connectivity index (χ1n) is 7.53. The molecule has 114 valence electrons. The van der Waals surface area contributed by atoms with Crippen LogP contribution in [0.5, 0.6) is 0 Å². The lowest BCUT2D eigenvalue weighted by Crippen LogP contribution is -2.30. The average molecular weight is 295 g/mol. The van der Waals surface area contributed by atoms with Crippen LogP contribution in [0.25, 0.3) is 11.8 Å². The fraction of sp³-hybridized carbons (Fsp3) is 0.211. The summed E-state index contributed by atoms with van der Waals surface area (Å²) in [6, 6.07) is 19.5. The quantitative estimate of drug-likeness (QED) is 0.593. The molecule has 0 aliphatic rings. The van der Waals surface area contributed by atoms with Crippen molar-refractivity contribution in [3.8, 4) is 0 Å². The molecule has 0 unspecified atom stereocenters. The number of rotatable bonds is 5. The van der Waals surface area contributed by atoms with Gasteiger partial charge in [0.05, 0.1) is 0 Å². The van der Waals surface area contributed by atoms with Crippen LogP contribution in [0.3, 0.4) is 0 Å². The molecule has 2 aromatic carbocycles. The molecule has 3 nitrogen and oxygen atoms in total. The lowest BCUT2D eigenvalue weighted by Gasteiger charge is -2.19. The van der Waals surface area contributed by atoms with E-state index in [0.29, 0.717) is 18.8 Å². The zero-order valence-corrected chi connectivity index (χ0v) is 13.0. The van der Waals surface area contributed by atoms with Crippen LogP contribution in [-0.4, -0.2) is 24.1 Å². The second-order valence-electron chi connectivity index (χ2n) is 4.83. The number of carbonyl (C=O) groups is 1. The molecule has 0 aliphatic heterocycles. The maximum Gasteiger partial charge on any atom is 0.415 e. The van der Waals surface area contributed by atoms with Crippen molar-refractivity contribution < 1.29 is 9.53 Å². The summed E-state index contributed by atoms with van der Waals surface area (Å²) < 4.78 is 5.63. The van der Waals surface area contributed by atoms with Gasteiger partial charge in [-0.05, 0) is 25.5 Å². The zero-order chi connectivity index (χ0) is 15.8. The molecule has 0 spiro atoms.